The number of halogens is 1. The molecule has 0 aliphatic rings. The van der Waals surface area contributed by atoms with Gasteiger partial charge in [-0.3, -0.25) is 0 Å². The summed E-state index contributed by atoms with van der Waals surface area (Å²) in [5, 5.41) is 2.96. The zero-order valence-corrected chi connectivity index (χ0v) is 8.11. The van der Waals surface area contributed by atoms with Crippen molar-refractivity contribution in [2.24, 2.45) is 0 Å². The fourth-order valence-corrected chi connectivity index (χ4v) is 1.63. The Kier molecular flexibility index (Phi) is 2.89. The van der Waals surface area contributed by atoms with E-state index in [4.69, 9.17) is 4.42 Å². The average molecular weight is 202 g/mol. The third-order valence-corrected chi connectivity index (χ3v) is 2.33. The van der Waals surface area contributed by atoms with E-state index in [-0.39, 0.29) is 12.4 Å². The van der Waals surface area contributed by atoms with Gasteiger partial charge >= 0.3 is 0 Å². The van der Waals surface area contributed by atoms with Crippen molar-refractivity contribution >= 4 is 23.7 Å². The molecule has 0 saturated carbocycles. The number of rotatable bonds is 1. The molecule has 2 aromatic heterocycles. The molecule has 64 valence electrons. The van der Waals surface area contributed by atoms with Crippen LogP contribution < -0.4 is 0 Å². The van der Waals surface area contributed by atoms with Gasteiger partial charge in [-0.05, 0) is 19.1 Å². The van der Waals surface area contributed by atoms with Crippen LogP contribution in [0.2, 0.25) is 0 Å². The minimum atomic E-state index is 0. The van der Waals surface area contributed by atoms with E-state index in [1.54, 1.807) is 17.6 Å². The SMILES string of the molecule is Cc1csc(-c2ccco2)n1.Cl. The Morgan fingerprint density at radius 1 is 1.50 bits per heavy atom. The Hall–Kier alpha value is -0.800. The molecule has 0 unspecified atom stereocenters. The van der Waals surface area contributed by atoms with Crippen LogP contribution in [0.1, 0.15) is 5.69 Å². The molecule has 0 N–H and O–H groups in total. The summed E-state index contributed by atoms with van der Waals surface area (Å²) in [6.45, 7) is 1.98. The van der Waals surface area contributed by atoms with Gasteiger partial charge in [-0.25, -0.2) is 4.98 Å². The summed E-state index contributed by atoms with van der Waals surface area (Å²) in [5.74, 6) is 0.850. The van der Waals surface area contributed by atoms with Gasteiger partial charge in [0.2, 0.25) is 0 Å². The molecule has 0 fully saturated rings. The number of hydrogen-bond donors (Lipinski definition) is 0. The second-order valence-electron chi connectivity index (χ2n) is 2.27. The zero-order chi connectivity index (χ0) is 7.68. The molecule has 2 heterocycles. The lowest BCUT2D eigenvalue weighted by Gasteiger charge is -1.84. The Labute approximate surface area is 80.7 Å². The van der Waals surface area contributed by atoms with Crippen LogP contribution in [0.4, 0.5) is 0 Å². The molecule has 2 nitrogen and oxygen atoms in total. The van der Waals surface area contributed by atoms with Crippen LogP contribution in [0.15, 0.2) is 28.2 Å². The minimum Gasteiger partial charge on any atom is -0.462 e. The normalized spacial score (nSPS) is 9.42. The molecule has 12 heavy (non-hydrogen) atoms. The first-order valence-electron chi connectivity index (χ1n) is 3.32. The second-order valence-corrected chi connectivity index (χ2v) is 3.13. The maximum absolute atomic E-state index is 5.18. The monoisotopic (exact) mass is 201 g/mol. The van der Waals surface area contributed by atoms with Crippen LogP contribution >= 0.6 is 23.7 Å². The third kappa shape index (κ3) is 1.68. The Morgan fingerprint density at radius 3 is 2.83 bits per heavy atom. The predicted molar refractivity (Wildman–Crippen MR) is 51.8 cm³/mol. The largest absolute Gasteiger partial charge is 0.462 e. The van der Waals surface area contributed by atoms with E-state index in [0.29, 0.717) is 0 Å². The van der Waals surface area contributed by atoms with Gasteiger partial charge in [0, 0.05) is 11.1 Å². The highest BCUT2D eigenvalue weighted by molar-refractivity contribution is 7.13. The highest BCUT2D eigenvalue weighted by atomic mass is 35.5. The molecule has 2 rings (SSSR count). The molecule has 0 aromatic carbocycles. The number of aryl methyl sites for hydroxylation is 1. The Bertz CT molecular complexity index is 342. The first-order chi connectivity index (χ1) is 5.36. The summed E-state index contributed by atoms with van der Waals surface area (Å²) in [6, 6.07) is 3.78. The van der Waals surface area contributed by atoms with Crippen molar-refractivity contribution in [1.82, 2.24) is 4.98 Å². The van der Waals surface area contributed by atoms with Crippen molar-refractivity contribution in [3.63, 3.8) is 0 Å². The average Bonchev–Trinajstić information content (AvgIpc) is 2.55. The van der Waals surface area contributed by atoms with Crippen molar-refractivity contribution in [2.45, 2.75) is 6.92 Å². The maximum Gasteiger partial charge on any atom is 0.162 e. The predicted octanol–water partition coefficient (Wildman–Crippen LogP) is 3.13. The highest BCUT2D eigenvalue weighted by Gasteiger charge is 2.03. The van der Waals surface area contributed by atoms with Crippen molar-refractivity contribution in [3.05, 3.63) is 29.5 Å². The quantitative estimate of drug-likeness (QED) is 0.709. The van der Waals surface area contributed by atoms with Crippen molar-refractivity contribution in [2.75, 3.05) is 0 Å². The molecule has 2 aromatic rings. The van der Waals surface area contributed by atoms with E-state index < -0.39 is 0 Å². The molecule has 0 saturated heterocycles. The number of nitrogens with zero attached hydrogens (tertiary/aromatic N) is 1. The Balaban J connectivity index is 0.000000720. The lowest BCUT2D eigenvalue weighted by molar-refractivity contribution is 0.581. The summed E-state index contributed by atoms with van der Waals surface area (Å²) in [5.41, 5.74) is 1.04. The standard InChI is InChI=1S/C8H7NOS.ClH/c1-6-5-11-8(9-6)7-3-2-4-10-7;/h2-5H,1H3;1H. The van der Waals surface area contributed by atoms with Gasteiger partial charge in [-0.1, -0.05) is 0 Å². The molecular formula is C8H8ClNOS. The van der Waals surface area contributed by atoms with Crippen LogP contribution in [0.5, 0.6) is 0 Å². The molecule has 0 amide bonds. The Morgan fingerprint density at radius 2 is 2.33 bits per heavy atom. The van der Waals surface area contributed by atoms with E-state index in [9.17, 15) is 0 Å². The van der Waals surface area contributed by atoms with Gasteiger partial charge in [-0.2, -0.15) is 0 Å². The first-order valence-corrected chi connectivity index (χ1v) is 4.20. The summed E-state index contributed by atoms with van der Waals surface area (Å²) < 4.78 is 5.18. The van der Waals surface area contributed by atoms with Crippen LogP contribution in [-0.4, -0.2) is 4.98 Å². The molecule has 4 heteroatoms. The van der Waals surface area contributed by atoms with Crippen LogP contribution in [0, 0.1) is 6.92 Å². The van der Waals surface area contributed by atoms with Gasteiger partial charge < -0.3 is 4.42 Å². The molecule has 0 atom stereocenters. The number of furan rings is 1. The lowest BCUT2D eigenvalue weighted by atomic mass is 10.5. The van der Waals surface area contributed by atoms with Gasteiger partial charge in [-0.15, -0.1) is 23.7 Å². The smallest absolute Gasteiger partial charge is 0.162 e. The van der Waals surface area contributed by atoms with Crippen LogP contribution in [0.25, 0.3) is 10.8 Å². The fraction of sp³-hybridized carbons (Fsp3) is 0.125. The van der Waals surface area contributed by atoms with E-state index in [2.05, 4.69) is 4.98 Å². The third-order valence-electron chi connectivity index (χ3n) is 1.35. The molecular weight excluding hydrogens is 194 g/mol. The van der Waals surface area contributed by atoms with Gasteiger partial charge in [0.05, 0.1) is 6.26 Å². The summed E-state index contributed by atoms with van der Waals surface area (Å²) in [7, 11) is 0. The van der Waals surface area contributed by atoms with Crippen LogP contribution in [-0.2, 0) is 0 Å². The van der Waals surface area contributed by atoms with Gasteiger partial charge in [0.15, 0.2) is 10.8 Å². The minimum absolute atomic E-state index is 0. The molecule has 0 aliphatic carbocycles. The van der Waals surface area contributed by atoms with E-state index in [1.807, 2.05) is 24.4 Å². The second kappa shape index (κ2) is 3.74. The summed E-state index contributed by atoms with van der Waals surface area (Å²) in [6.07, 6.45) is 1.66. The van der Waals surface area contributed by atoms with Crippen LogP contribution in [0.3, 0.4) is 0 Å². The number of aromatic nitrogens is 1. The maximum atomic E-state index is 5.18. The van der Waals surface area contributed by atoms with Gasteiger partial charge in [0.25, 0.3) is 0 Å². The number of thiazole rings is 1. The van der Waals surface area contributed by atoms with E-state index >= 15 is 0 Å². The zero-order valence-electron chi connectivity index (χ0n) is 6.48. The van der Waals surface area contributed by atoms with Gasteiger partial charge in [0.1, 0.15) is 0 Å². The molecule has 0 spiro atoms. The molecule has 0 bridgehead atoms. The number of hydrogen-bond acceptors (Lipinski definition) is 3. The fourth-order valence-electron chi connectivity index (χ4n) is 0.867. The van der Waals surface area contributed by atoms with E-state index in [1.165, 1.54) is 0 Å². The molecule has 0 aliphatic heterocycles. The summed E-state index contributed by atoms with van der Waals surface area (Å²) in [4.78, 5) is 4.28. The van der Waals surface area contributed by atoms with E-state index in [0.717, 1.165) is 16.5 Å². The van der Waals surface area contributed by atoms with Crippen molar-refractivity contribution < 1.29 is 4.42 Å². The topological polar surface area (TPSA) is 26.0 Å². The van der Waals surface area contributed by atoms with Crippen molar-refractivity contribution in [3.8, 4) is 10.8 Å². The molecule has 0 radical (unpaired) electrons. The van der Waals surface area contributed by atoms with Crippen molar-refractivity contribution in [1.29, 1.82) is 0 Å². The first kappa shape index (κ1) is 9.29. The summed E-state index contributed by atoms with van der Waals surface area (Å²) >= 11 is 1.60. The highest BCUT2D eigenvalue weighted by Crippen LogP contribution is 2.23. The lowest BCUT2D eigenvalue weighted by Crippen LogP contribution is -1.71.